The lowest BCUT2D eigenvalue weighted by Gasteiger charge is -2.32. The smallest absolute Gasteiger partial charge is 0.320 e. The third-order valence-electron chi connectivity index (χ3n) is 6.26. The molecule has 6 N–H and O–H groups in total. The molecule has 1 aliphatic rings. The predicted octanol–water partition coefficient (Wildman–Crippen LogP) is -2.58. The first-order valence-electron chi connectivity index (χ1n) is 12.7. The maximum absolute atomic E-state index is 12.6. The third kappa shape index (κ3) is 15.4. The minimum Gasteiger partial charge on any atom is -0.480 e. The molecule has 1 atom stereocenters. The van der Waals surface area contributed by atoms with Crippen LogP contribution in [0.3, 0.4) is 0 Å². The first kappa shape index (κ1) is 33.2. The van der Waals surface area contributed by atoms with Crippen molar-refractivity contribution in [1.82, 2.24) is 30.2 Å². The van der Waals surface area contributed by atoms with Gasteiger partial charge in [0.1, 0.15) is 6.04 Å². The molecule has 1 saturated heterocycles. The Hall–Kier alpha value is -2.85. The van der Waals surface area contributed by atoms with E-state index >= 15 is 0 Å². The standard InChI is InChI=1S/C23H42N6O9/c1-24-18(23(37)38)4-2-3-5-25-19(30)14-26-6-8-27(15-20(31)32)10-12-29(17-22(35)36)13-11-28(9-7-26)16-21(33)34/h18,24H,2-17H2,1H3,(H,25,30)(H,31,32)(H,33,34)(H,35,36)(H,37,38). The van der Waals surface area contributed by atoms with Gasteiger partial charge in [0.25, 0.3) is 0 Å². The van der Waals surface area contributed by atoms with E-state index in [-0.39, 0.29) is 32.1 Å². The summed E-state index contributed by atoms with van der Waals surface area (Å²) < 4.78 is 0. The molecule has 0 saturated carbocycles. The summed E-state index contributed by atoms with van der Waals surface area (Å²) in [5.74, 6) is -4.20. The third-order valence-corrected chi connectivity index (χ3v) is 6.26. The van der Waals surface area contributed by atoms with Gasteiger partial charge in [0.15, 0.2) is 0 Å². The van der Waals surface area contributed by atoms with E-state index in [1.807, 2.05) is 4.90 Å². The molecule has 1 fully saturated rings. The minimum atomic E-state index is -1.02. The maximum atomic E-state index is 12.6. The van der Waals surface area contributed by atoms with Crippen molar-refractivity contribution in [2.75, 3.05) is 92.1 Å². The van der Waals surface area contributed by atoms with Crippen LogP contribution in [0.4, 0.5) is 0 Å². The van der Waals surface area contributed by atoms with Crippen molar-refractivity contribution in [3.8, 4) is 0 Å². The van der Waals surface area contributed by atoms with Crippen LogP contribution >= 0.6 is 0 Å². The van der Waals surface area contributed by atoms with E-state index in [0.717, 1.165) is 0 Å². The quantitative estimate of drug-likeness (QED) is 0.117. The van der Waals surface area contributed by atoms with Gasteiger partial charge in [-0.05, 0) is 26.3 Å². The van der Waals surface area contributed by atoms with Crippen LogP contribution in [-0.2, 0) is 24.0 Å². The van der Waals surface area contributed by atoms with Crippen LogP contribution < -0.4 is 10.6 Å². The van der Waals surface area contributed by atoms with Gasteiger partial charge in [-0.15, -0.1) is 0 Å². The average Bonchev–Trinajstić information content (AvgIpc) is 2.81. The number of carboxylic acids is 4. The van der Waals surface area contributed by atoms with Gasteiger partial charge < -0.3 is 31.1 Å². The highest BCUT2D eigenvalue weighted by Gasteiger charge is 2.21. The topological polar surface area (TPSA) is 203 Å². The fourth-order valence-corrected chi connectivity index (χ4v) is 4.14. The van der Waals surface area contributed by atoms with Crippen LogP contribution in [0.2, 0.25) is 0 Å². The number of likely N-dealkylation sites (N-methyl/N-ethyl adjacent to an activating group) is 1. The molecule has 1 aliphatic heterocycles. The predicted molar refractivity (Wildman–Crippen MR) is 136 cm³/mol. The van der Waals surface area contributed by atoms with Crippen LogP contribution in [0.15, 0.2) is 0 Å². The maximum Gasteiger partial charge on any atom is 0.320 e. The molecule has 1 amide bonds. The molecule has 0 aromatic carbocycles. The number of amides is 1. The van der Waals surface area contributed by atoms with Gasteiger partial charge in [-0.1, -0.05) is 0 Å². The molecule has 0 spiro atoms. The lowest BCUT2D eigenvalue weighted by atomic mass is 10.1. The number of aliphatic carboxylic acids is 4. The monoisotopic (exact) mass is 546 g/mol. The number of carboxylic acid groups (broad SMARTS) is 4. The Balaban J connectivity index is 2.76. The Morgan fingerprint density at radius 1 is 0.632 bits per heavy atom. The summed E-state index contributed by atoms with van der Waals surface area (Å²) in [7, 11) is 1.58. The first-order valence-corrected chi connectivity index (χ1v) is 12.7. The Labute approximate surface area is 222 Å². The molecule has 0 aromatic rings. The Kier molecular flexibility index (Phi) is 16.1. The summed E-state index contributed by atoms with van der Waals surface area (Å²) in [4.78, 5) is 64.5. The SMILES string of the molecule is CNC(CCCCNC(=O)CN1CCN(CC(=O)O)CCN(CC(=O)O)CCN(CC(=O)O)CC1)C(=O)O. The lowest BCUT2D eigenvalue weighted by molar-refractivity contribution is -0.140. The second-order valence-corrected chi connectivity index (χ2v) is 9.31. The zero-order chi connectivity index (χ0) is 28.5. The molecule has 0 bridgehead atoms. The van der Waals surface area contributed by atoms with Crippen LogP contribution in [-0.4, -0.2) is 168 Å². The molecule has 218 valence electrons. The average molecular weight is 547 g/mol. The number of carbonyl (C=O) groups is 5. The molecule has 0 aromatic heterocycles. The number of nitrogens with zero attached hydrogens (tertiary/aromatic N) is 4. The van der Waals surface area contributed by atoms with E-state index in [2.05, 4.69) is 10.6 Å². The molecule has 1 rings (SSSR count). The van der Waals surface area contributed by atoms with Crippen LogP contribution in [0, 0.1) is 0 Å². The van der Waals surface area contributed by atoms with E-state index < -0.39 is 29.9 Å². The number of hydrogen-bond acceptors (Lipinski definition) is 10. The van der Waals surface area contributed by atoms with Crippen LogP contribution in [0.5, 0.6) is 0 Å². The van der Waals surface area contributed by atoms with Crippen molar-refractivity contribution in [2.45, 2.75) is 25.3 Å². The fraction of sp³-hybridized carbons (Fsp3) is 0.783. The Morgan fingerprint density at radius 2 is 1.00 bits per heavy atom. The second kappa shape index (κ2) is 18.4. The number of hydrogen-bond donors (Lipinski definition) is 6. The molecule has 15 nitrogen and oxygen atoms in total. The van der Waals surface area contributed by atoms with Gasteiger partial charge in [0.05, 0.1) is 26.2 Å². The van der Waals surface area contributed by atoms with Crippen molar-refractivity contribution in [3.05, 3.63) is 0 Å². The summed E-state index contributed by atoms with van der Waals surface area (Å²) >= 11 is 0. The van der Waals surface area contributed by atoms with E-state index in [0.29, 0.717) is 78.2 Å². The van der Waals surface area contributed by atoms with Gasteiger partial charge in [-0.3, -0.25) is 43.6 Å². The number of carbonyl (C=O) groups excluding carboxylic acids is 1. The molecule has 0 aliphatic carbocycles. The molecular formula is C23H42N6O9. The molecule has 15 heteroatoms. The summed E-state index contributed by atoms with van der Waals surface area (Å²) in [6.07, 6.45) is 1.67. The Bertz CT molecular complexity index is 752. The van der Waals surface area contributed by atoms with E-state index in [4.69, 9.17) is 5.11 Å². The van der Waals surface area contributed by atoms with Gasteiger partial charge in [0.2, 0.25) is 5.91 Å². The minimum absolute atomic E-state index is 0.0429. The number of unbranched alkanes of at least 4 members (excludes halogenated alkanes) is 1. The second-order valence-electron chi connectivity index (χ2n) is 9.31. The summed E-state index contributed by atoms with van der Waals surface area (Å²) in [5.41, 5.74) is 0. The van der Waals surface area contributed by atoms with Gasteiger partial charge in [0, 0.05) is 58.9 Å². The van der Waals surface area contributed by atoms with Crippen molar-refractivity contribution >= 4 is 29.8 Å². The van der Waals surface area contributed by atoms with Gasteiger partial charge >= 0.3 is 23.9 Å². The number of rotatable bonds is 15. The lowest BCUT2D eigenvalue weighted by Crippen LogP contribution is -2.49. The zero-order valence-corrected chi connectivity index (χ0v) is 22.0. The van der Waals surface area contributed by atoms with Crippen LogP contribution in [0.1, 0.15) is 19.3 Å². The van der Waals surface area contributed by atoms with E-state index in [1.165, 1.54) is 0 Å². The van der Waals surface area contributed by atoms with Crippen molar-refractivity contribution in [1.29, 1.82) is 0 Å². The van der Waals surface area contributed by atoms with E-state index in [1.54, 1.807) is 21.7 Å². The highest BCUT2D eigenvalue weighted by molar-refractivity contribution is 5.78. The largest absolute Gasteiger partial charge is 0.480 e. The highest BCUT2D eigenvalue weighted by Crippen LogP contribution is 2.03. The van der Waals surface area contributed by atoms with Crippen molar-refractivity contribution < 1.29 is 44.4 Å². The molecule has 1 unspecified atom stereocenters. The Morgan fingerprint density at radius 3 is 1.32 bits per heavy atom. The van der Waals surface area contributed by atoms with E-state index in [9.17, 15) is 39.3 Å². The number of nitrogens with one attached hydrogen (secondary N) is 2. The van der Waals surface area contributed by atoms with Gasteiger partial charge in [-0.25, -0.2) is 0 Å². The molecule has 0 radical (unpaired) electrons. The fourth-order valence-electron chi connectivity index (χ4n) is 4.14. The summed E-state index contributed by atoms with van der Waals surface area (Å²) in [5, 5.41) is 42.4. The molecular weight excluding hydrogens is 504 g/mol. The van der Waals surface area contributed by atoms with Crippen LogP contribution in [0.25, 0.3) is 0 Å². The molecule has 38 heavy (non-hydrogen) atoms. The highest BCUT2D eigenvalue weighted by atomic mass is 16.4. The normalized spacial score (nSPS) is 18.1. The van der Waals surface area contributed by atoms with Crippen molar-refractivity contribution in [3.63, 3.8) is 0 Å². The van der Waals surface area contributed by atoms with Crippen molar-refractivity contribution in [2.24, 2.45) is 0 Å². The summed E-state index contributed by atoms with van der Waals surface area (Å²) in [6.45, 7) is 2.36. The first-order chi connectivity index (χ1) is 18.0. The zero-order valence-electron chi connectivity index (χ0n) is 22.0. The van der Waals surface area contributed by atoms with Gasteiger partial charge in [-0.2, -0.15) is 0 Å². The summed E-state index contributed by atoms with van der Waals surface area (Å²) in [6, 6.07) is -0.633. The molecule has 1 heterocycles.